The molecule has 0 fully saturated rings. The number of aromatic nitrogens is 3. The molecule has 4 N–H and O–H groups in total. The van der Waals surface area contributed by atoms with Crippen LogP contribution in [0.2, 0.25) is 5.02 Å². The lowest BCUT2D eigenvalue weighted by Crippen LogP contribution is -2.13. The van der Waals surface area contributed by atoms with Crippen LogP contribution in [0.4, 0.5) is 11.6 Å². The number of hydrogen-bond donors (Lipinski definition) is 2. The first kappa shape index (κ1) is 10.4. The highest BCUT2D eigenvalue weighted by molar-refractivity contribution is 6.33. The van der Waals surface area contributed by atoms with Gasteiger partial charge in [0, 0.05) is 5.56 Å². The number of rotatable bonds is 1. The third kappa shape index (κ3) is 1.82. The van der Waals surface area contributed by atoms with Crippen molar-refractivity contribution in [1.82, 2.24) is 14.8 Å². The molecule has 0 spiro atoms. The Kier molecular flexibility index (Phi) is 2.49. The van der Waals surface area contributed by atoms with Crippen LogP contribution >= 0.6 is 11.6 Å². The molecule has 1 aromatic carbocycles. The molecule has 16 heavy (non-hydrogen) atoms. The van der Waals surface area contributed by atoms with E-state index in [1.807, 2.05) is 0 Å². The van der Waals surface area contributed by atoms with Crippen LogP contribution in [0.1, 0.15) is 10.4 Å². The minimum Gasteiger partial charge on any atom is -0.398 e. The van der Waals surface area contributed by atoms with Crippen molar-refractivity contribution in [2.24, 2.45) is 0 Å². The number of nitrogens with zero attached hydrogens (tertiary/aromatic N) is 3. The Morgan fingerprint density at radius 3 is 2.69 bits per heavy atom. The Labute approximate surface area is 95.8 Å². The summed E-state index contributed by atoms with van der Waals surface area (Å²) in [5.74, 6) is -0.331. The second-order valence-corrected chi connectivity index (χ2v) is 3.50. The predicted octanol–water partition coefficient (Wildman–Crippen LogP) is 0.784. The number of carbonyl (C=O) groups excluding carboxylic acids is 1. The van der Waals surface area contributed by atoms with Gasteiger partial charge in [0.15, 0.2) is 0 Å². The van der Waals surface area contributed by atoms with Gasteiger partial charge in [-0.05, 0) is 18.2 Å². The van der Waals surface area contributed by atoms with E-state index in [-0.39, 0.29) is 11.9 Å². The molecule has 0 bridgehead atoms. The second-order valence-electron chi connectivity index (χ2n) is 3.09. The first-order chi connectivity index (χ1) is 7.58. The van der Waals surface area contributed by atoms with E-state index < -0.39 is 0 Å². The summed E-state index contributed by atoms with van der Waals surface area (Å²) in [6.07, 6.45) is 1.24. The Morgan fingerprint density at radius 1 is 1.38 bits per heavy atom. The van der Waals surface area contributed by atoms with Gasteiger partial charge < -0.3 is 11.5 Å². The molecular formula is C9H8ClN5O. The van der Waals surface area contributed by atoms with E-state index in [9.17, 15) is 4.79 Å². The summed E-state index contributed by atoms with van der Waals surface area (Å²) in [5.41, 5.74) is 11.6. The molecule has 0 aliphatic heterocycles. The normalized spacial score (nSPS) is 10.3. The van der Waals surface area contributed by atoms with Crippen molar-refractivity contribution >= 4 is 29.1 Å². The van der Waals surface area contributed by atoms with Crippen molar-refractivity contribution in [2.75, 3.05) is 11.5 Å². The fourth-order valence-electron chi connectivity index (χ4n) is 1.18. The smallest absolute Gasteiger partial charge is 0.279 e. The zero-order valence-corrected chi connectivity index (χ0v) is 8.85. The zero-order chi connectivity index (χ0) is 11.7. The van der Waals surface area contributed by atoms with Gasteiger partial charge in [0.2, 0.25) is 5.95 Å². The first-order valence-corrected chi connectivity index (χ1v) is 4.72. The van der Waals surface area contributed by atoms with Gasteiger partial charge in [-0.2, -0.15) is 4.68 Å². The molecule has 82 valence electrons. The lowest BCUT2D eigenvalue weighted by molar-refractivity contribution is 0.0945. The number of benzene rings is 1. The van der Waals surface area contributed by atoms with E-state index in [1.54, 1.807) is 12.1 Å². The molecule has 0 amide bonds. The number of hydrogen-bond acceptors (Lipinski definition) is 5. The van der Waals surface area contributed by atoms with E-state index in [0.717, 1.165) is 4.68 Å². The topological polar surface area (TPSA) is 99.8 Å². The van der Waals surface area contributed by atoms with Gasteiger partial charge in [-0.3, -0.25) is 4.79 Å². The Bertz CT molecular complexity index is 551. The molecule has 1 heterocycles. The van der Waals surface area contributed by atoms with E-state index in [1.165, 1.54) is 12.4 Å². The molecule has 0 aliphatic rings. The van der Waals surface area contributed by atoms with E-state index >= 15 is 0 Å². The van der Waals surface area contributed by atoms with E-state index in [4.69, 9.17) is 23.1 Å². The van der Waals surface area contributed by atoms with E-state index in [2.05, 4.69) is 10.1 Å². The molecule has 0 saturated heterocycles. The SMILES string of the molecule is Nc1ncn(C(=O)c2ccc(Cl)c(N)c2)n1. The van der Waals surface area contributed by atoms with Crippen LogP contribution in [0.3, 0.4) is 0 Å². The van der Waals surface area contributed by atoms with Gasteiger partial charge in [-0.15, -0.1) is 5.10 Å². The summed E-state index contributed by atoms with van der Waals surface area (Å²) in [4.78, 5) is 15.5. The second kappa shape index (κ2) is 3.82. The van der Waals surface area contributed by atoms with E-state index in [0.29, 0.717) is 16.3 Å². The molecule has 7 heteroatoms. The zero-order valence-electron chi connectivity index (χ0n) is 8.09. The average Bonchev–Trinajstić information content (AvgIpc) is 2.68. The van der Waals surface area contributed by atoms with Gasteiger partial charge in [0.1, 0.15) is 6.33 Å². The summed E-state index contributed by atoms with van der Waals surface area (Å²) in [6.45, 7) is 0. The third-order valence-corrected chi connectivity index (χ3v) is 2.30. The highest BCUT2D eigenvalue weighted by Gasteiger charge is 2.11. The van der Waals surface area contributed by atoms with Gasteiger partial charge in [0.05, 0.1) is 10.7 Å². The molecule has 0 atom stereocenters. The van der Waals surface area contributed by atoms with Gasteiger partial charge in [0.25, 0.3) is 5.91 Å². The van der Waals surface area contributed by atoms with Crippen molar-refractivity contribution in [3.8, 4) is 0 Å². The number of nitrogen functional groups attached to an aromatic ring is 2. The fraction of sp³-hybridized carbons (Fsp3) is 0. The summed E-state index contributed by atoms with van der Waals surface area (Å²) < 4.78 is 1.04. The van der Waals surface area contributed by atoms with Crippen LogP contribution in [0.5, 0.6) is 0 Å². The summed E-state index contributed by atoms with van der Waals surface area (Å²) >= 11 is 5.74. The molecule has 1 aromatic heterocycles. The quantitative estimate of drug-likeness (QED) is 0.714. The maximum Gasteiger partial charge on any atom is 0.279 e. The average molecular weight is 238 g/mol. The van der Waals surface area contributed by atoms with Gasteiger partial charge in [-0.1, -0.05) is 11.6 Å². The molecule has 0 radical (unpaired) electrons. The van der Waals surface area contributed by atoms with Crippen LogP contribution in [0.25, 0.3) is 0 Å². The van der Waals surface area contributed by atoms with Crippen molar-refractivity contribution in [2.45, 2.75) is 0 Å². The van der Waals surface area contributed by atoms with Gasteiger partial charge in [-0.25, -0.2) is 4.98 Å². The summed E-state index contributed by atoms with van der Waals surface area (Å²) in [7, 11) is 0. The van der Waals surface area contributed by atoms with Crippen LogP contribution in [0.15, 0.2) is 24.5 Å². The largest absolute Gasteiger partial charge is 0.398 e. The van der Waals surface area contributed by atoms with Crippen molar-refractivity contribution in [1.29, 1.82) is 0 Å². The predicted molar refractivity (Wildman–Crippen MR) is 60.0 cm³/mol. The maximum atomic E-state index is 11.8. The third-order valence-electron chi connectivity index (χ3n) is 1.96. The van der Waals surface area contributed by atoms with Gasteiger partial charge >= 0.3 is 0 Å². The summed E-state index contributed by atoms with van der Waals surface area (Å²) in [6, 6.07) is 4.58. The minimum absolute atomic E-state index is 0.0373. The molecule has 0 saturated carbocycles. The van der Waals surface area contributed by atoms with Crippen molar-refractivity contribution in [3.05, 3.63) is 35.1 Å². The van der Waals surface area contributed by atoms with Crippen LogP contribution in [-0.2, 0) is 0 Å². The lowest BCUT2D eigenvalue weighted by Gasteiger charge is -2.02. The maximum absolute atomic E-state index is 11.8. The first-order valence-electron chi connectivity index (χ1n) is 4.35. The number of carbonyl (C=O) groups is 1. The molecule has 0 unspecified atom stereocenters. The van der Waals surface area contributed by atoms with Crippen molar-refractivity contribution < 1.29 is 4.79 Å². The Hall–Kier alpha value is -2.08. The Morgan fingerprint density at radius 2 is 2.12 bits per heavy atom. The number of halogens is 1. The molecule has 0 aliphatic carbocycles. The van der Waals surface area contributed by atoms with Crippen LogP contribution < -0.4 is 11.5 Å². The molecular weight excluding hydrogens is 230 g/mol. The minimum atomic E-state index is -0.368. The lowest BCUT2D eigenvalue weighted by atomic mass is 10.2. The highest BCUT2D eigenvalue weighted by Crippen LogP contribution is 2.19. The molecule has 6 nitrogen and oxygen atoms in total. The van der Waals surface area contributed by atoms with Crippen LogP contribution in [-0.4, -0.2) is 20.7 Å². The molecule has 2 rings (SSSR count). The number of anilines is 2. The van der Waals surface area contributed by atoms with Crippen molar-refractivity contribution in [3.63, 3.8) is 0 Å². The monoisotopic (exact) mass is 237 g/mol. The summed E-state index contributed by atoms with van der Waals surface area (Å²) in [5, 5.41) is 4.10. The molecule has 2 aromatic rings. The van der Waals surface area contributed by atoms with Crippen LogP contribution in [0, 0.1) is 0 Å². The number of nitrogens with two attached hydrogens (primary N) is 2. The standard InChI is InChI=1S/C9H8ClN5O/c10-6-2-1-5(3-7(6)11)8(16)15-4-13-9(12)14-15/h1-4H,11H2,(H2,12,14). The fourth-order valence-corrected chi connectivity index (χ4v) is 1.30. The Balaban J connectivity index is 2.38. The highest BCUT2D eigenvalue weighted by atomic mass is 35.5.